The van der Waals surface area contributed by atoms with Crippen LogP contribution in [-0.4, -0.2) is 86.9 Å². The third-order valence-corrected chi connectivity index (χ3v) is 44.3. The van der Waals surface area contributed by atoms with E-state index in [1.807, 2.05) is 42.5 Å². The molecule has 0 spiro atoms. The predicted molar refractivity (Wildman–Crippen MR) is 343 cm³/mol. The molecule has 79 heavy (non-hydrogen) atoms. The molecule has 6 rings (SSSR count). The van der Waals surface area contributed by atoms with E-state index in [9.17, 15) is 14.7 Å². The topological polar surface area (TPSA) is 147 Å². The Bertz CT molecular complexity index is 2750. The van der Waals surface area contributed by atoms with Crippen molar-refractivity contribution in [1.29, 1.82) is 0 Å². The maximum Gasteiger partial charge on any atom is 0.270 e. The van der Waals surface area contributed by atoms with E-state index < -0.39 is 36.8 Å². The Morgan fingerprint density at radius 1 is 0.582 bits per heavy atom. The average molecular weight is 1420 g/mol. The van der Waals surface area contributed by atoms with Crippen LogP contribution in [0.25, 0.3) is 21.7 Å². The number of nitrogens with one attached hydrogen (secondary N) is 2. The molecule has 3 aromatic carbocycles. The average Bonchev–Trinajstić information content (AvgIpc) is 3.50. The minimum Gasteiger partial charge on any atom is -0.508 e. The molecule has 4 N–H and O–H groups in total. The summed E-state index contributed by atoms with van der Waals surface area (Å²) in [5.74, 6) is 0.599. The SMILES string of the molecule is CCC[CH2][Sn](/[CH]=C/CCO)([CH2]CCC)[CH2]CCC.CCC[CH2][Sn](/[CH]=C/CCOc1ccccc1CNC(=O)c1ccc2cncc(Br)c2c1)([CH2]CCC)[CH2]CCC.O=C(NCc1ccccc1O)c1ccc2cncc(Br)c2n1. The number of pyridine rings is 3. The number of nitrogens with zero attached hydrogens (tertiary/aromatic N) is 3. The first-order valence-electron chi connectivity index (χ1n) is 29.3. The molecular weight excluding hydrogens is 1330 g/mol. The number of amides is 2. The van der Waals surface area contributed by atoms with E-state index in [0.29, 0.717) is 42.1 Å². The number of benzene rings is 3. The summed E-state index contributed by atoms with van der Waals surface area (Å²) in [7, 11) is 0. The van der Waals surface area contributed by atoms with Gasteiger partial charge in [-0.3, -0.25) is 14.8 Å². The Hall–Kier alpha value is -3.83. The number of aromatic nitrogens is 3. The molecule has 0 radical (unpaired) electrons. The number of aromatic hydroxyl groups is 1. The molecule has 0 aliphatic rings. The van der Waals surface area contributed by atoms with Crippen molar-refractivity contribution in [2.45, 2.75) is 171 Å². The number of carbonyl (C=O) groups excluding carboxylic acids is 2. The summed E-state index contributed by atoms with van der Waals surface area (Å²) in [6.07, 6.45) is 29.8. The quantitative estimate of drug-likeness (QED) is 0.0241. The standard InChI is InChI=1S/C21H18BrN2O2.C16H12BrN3O2.C4H7O.6C4H9.2Sn/c1-2-3-10-26-20-7-5-4-6-17(20)13-24-21(25)15-8-9-16-12-23-14-19(22)18(16)11-15;17-12-9-18-7-11-5-6-13(20-15(11)12)16(22)19-8-10-3-1-2-4-14(10)21;1-2-3-4-5;6*1-3-4-2;;/h1-2,4-9,11-12,14H,3,10,13H2,(H,24,25);1-7,9,21H,8H2,(H,19,22);1-2,5H,3-4H2;6*1,3-4H2,2H3;;. The van der Waals surface area contributed by atoms with Gasteiger partial charge in [-0.2, -0.15) is 0 Å². The van der Waals surface area contributed by atoms with Gasteiger partial charge in [-0.25, -0.2) is 4.98 Å². The van der Waals surface area contributed by atoms with Crippen LogP contribution in [-0.2, 0) is 13.1 Å². The van der Waals surface area contributed by atoms with Crippen molar-refractivity contribution in [3.05, 3.63) is 155 Å². The Balaban J connectivity index is 0.000000283. The van der Waals surface area contributed by atoms with Crippen LogP contribution in [0.4, 0.5) is 0 Å². The number of aliphatic hydroxyl groups is 1. The first-order valence-corrected chi connectivity index (χ1v) is 46.3. The summed E-state index contributed by atoms with van der Waals surface area (Å²) in [4.78, 5) is 37.7. The minimum absolute atomic E-state index is 0.103. The van der Waals surface area contributed by atoms with E-state index in [4.69, 9.17) is 9.84 Å². The van der Waals surface area contributed by atoms with Crippen molar-refractivity contribution in [2.75, 3.05) is 13.2 Å². The normalized spacial score (nSPS) is 11.6. The first kappa shape index (κ1) is 67.7. The van der Waals surface area contributed by atoms with Gasteiger partial charge in [0.25, 0.3) is 5.91 Å². The molecule has 6 aromatic rings. The summed E-state index contributed by atoms with van der Waals surface area (Å²) in [5, 5.41) is 27.3. The molecule has 0 bridgehead atoms. The number of unbranched alkanes of at least 4 members (excludes halogenated alkanes) is 6. The number of phenolic OH excluding ortho intramolecular Hbond substituents is 1. The molecular formula is C65H91Br2N5O5Sn2. The van der Waals surface area contributed by atoms with Crippen LogP contribution in [0.2, 0.25) is 26.6 Å². The smallest absolute Gasteiger partial charge is 0.270 e. The zero-order chi connectivity index (χ0) is 57.1. The third kappa shape index (κ3) is 23.9. The number of ether oxygens (including phenoxy) is 1. The van der Waals surface area contributed by atoms with Gasteiger partial charge in [0.05, 0.1) is 9.99 Å². The van der Waals surface area contributed by atoms with Crippen molar-refractivity contribution >= 4 is 102 Å². The van der Waals surface area contributed by atoms with Gasteiger partial charge in [0.2, 0.25) is 0 Å². The van der Waals surface area contributed by atoms with Gasteiger partial charge in [0.1, 0.15) is 11.4 Å². The molecule has 3 aromatic heterocycles. The zero-order valence-corrected chi connectivity index (χ0v) is 57.2. The number of carbonyl (C=O) groups is 2. The van der Waals surface area contributed by atoms with Crippen LogP contribution in [0.5, 0.6) is 11.5 Å². The van der Waals surface area contributed by atoms with Crippen molar-refractivity contribution < 1.29 is 24.5 Å². The predicted octanol–water partition coefficient (Wildman–Crippen LogP) is 18.0. The number of fused-ring (bicyclic) bond motifs is 2. The molecule has 10 nitrogen and oxygen atoms in total. The van der Waals surface area contributed by atoms with Crippen LogP contribution in [0.3, 0.4) is 0 Å². The second-order valence-electron chi connectivity index (χ2n) is 20.8. The maximum absolute atomic E-state index is 12.9. The largest absolute Gasteiger partial charge is 0.508 e. The number of hydrogen-bond acceptors (Lipinski definition) is 8. The number of phenols is 1. The molecule has 0 aliphatic carbocycles. The summed E-state index contributed by atoms with van der Waals surface area (Å²) in [5.41, 5.74) is 3.27. The molecule has 0 aliphatic heterocycles. The Morgan fingerprint density at radius 3 is 1.65 bits per heavy atom. The Morgan fingerprint density at radius 2 is 1.08 bits per heavy atom. The fraction of sp³-hybridized carbons (Fsp3) is 0.462. The van der Waals surface area contributed by atoms with Gasteiger partial charge >= 0.3 is 314 Å². The van der Waals surface area contributed by atoms with Crippen LogP contribution >= 0.6 is 31.9 Å². The Kier molecular flexibility index (Phi) is 33.2. The van der Waals surface area contributed by atoms with Gasteiger partial charge < -0.3 is 10.4 Å². The third-order valence-electron chi connectivity index (χ3n) is 14.6. The molecule has 3 heterocycles. The van der Waals surface area contributed by atoms with Gasteiger partial charge in [-0.1, -0.05) is 24.3 Å². The summed E-state index contributed by atoms with van der Waals surface area (Å²) in [6.45, 7) is 15.5. The van der Waals surface area contributed by atoms with Crippen molar-refractivity contribution in [1.82, 2.24) is 25.6 Å². The number of hydrogen-bond donors (Lipinski definition) is 4. The number of para-hydroxylation sites is 2. The fourth-order valence-electron chi connectivity index (χ4n) is 9.80. The molecule has 2 amide bonds. The second-order valence-corrected chi connectivity index (χ2v) is 48.6. The second kappa shape index (κ2) is 38.8. The van der Waals surface area contributed by atoms with Crippen LogP contribution in [0, 0.1) is 0 Å². The van der Waals surface area contributed by atoms with Crippen molar-refractivity contribution in [3.8, 4) is 11.5 Å². The summed E-state index contributed by atoms with van der Waals surface area (Å²) >= 11 is 2.66. The number of aliphatic hydroxyl groups excluding tert-OH is 1. The number of rotatable bonds is 32. The minimum atomic E-state index is -2.24. The zero-order valence-electron chi connectivity index (χ0n) is 48.3. The molecule has 0 unspecified atom stereocenters. The molecule has 0 atom stereocenters. The van der Waals surface area contributed by atoms with Crippen LogP contribution in [0.1, 0.15) is 163 Å². The maximum atomic E-state index is 12.9. The fourth-order valence-corrected chi connectivity index (χ4v) is 39.8. The number of halogens is 2. The molecule has 0 saturated heterocycles. The molecule has 0 fully saturated rings. The molecule has 0 saturated carbocycles. The van der Waals surface area contributed by atoms with Crippen LogP contribution in [0.15, 0.2) is 133 Å². The van der Waals surface area contributed by atoms with Crippen LogP contribution < -0.4 is 15.4 Å². The van der Waals surface area contributed by atoms with E-state index in [1.54, 1.807) is 61.2 Å². The van der Waals surface area contributed by atoms with E-state index in [1.165, 1.54) is 104 Å². The monoisotopic (exact) mass is 1420 g/mol. The Labute approximate surface area is 498 Å². The van der Waals surface area contributed by atoms with E-state index >= 15 is 0 Å². The van der Waals surface area contributed by atoms with E-state index in [0.717, 1.165) is 49.3 Å². The van der Waals surface area contributed by atoms with E-state index in [2.05, 4.69) is 119 Å². The summed E-state index contributed by atoms with van der Waals surface area (Å²) in [6, 6.07) is 24.0. The first-order chi connectivity index (χ1) is 38.4. The van der Waals surface area contributed by atoms with Gasteiger partial charge in [-0.15, -0.1) is 0 Å². The molecule has 428 valence electrons. The van der Waals surface area contributed by atoms with E-state index in [-0.39, 0.29) is 24.1 Å². The van der Waals surface area contributed by atoms with Gasteiger partial charge in [0, 0.05) is 52.1 Å². The van der Waals surface area contributed by atoms with Gasteiger partial charge in [0.15, 0.2) is 0 Å². The van der Waals surface area contributed by atoms with Crippen molar-refractivity contribution in [2.24, 2.45) is 0 Å². The molecule has 14 heteroatoms. The van der Waals surface area contributed by atoms with Crippen molar-refractivity contribution in [3.63, 3.8) is 0 Å². The summed E-state index contributed by atoms with van der Waals surface area (Å²) < 4.78 is 22.3. The van der Waals surface area contributed by atoms with Gasteiger partial charge in [-0.05, 0) is 55.4 Å².